The molecule has 0 N–H and O–H groups in total. The molecular formula is C27H25NO2. The van der Waals surface area contributed by atoms with Crippen LogP contribution < -0.4 is 0 Å². The first-order chi connectivity index (χ1) is 14.8. The molecule has 2 atom stereocenters. The molecule has 3 heteroatoms. The van der Waals surface area contributed by atoms with E-state index in [2.05, 4.69) is 36.4 Å². The molecule has 3 aliphatic rings. The van der Waals surface area contributed by atoms with Crippen LogP contribution >= 0.6 is 0 Å². The van der Waals surface area contributed by atoms with E-state index in [4.69, 9.17) is 4.74 Å². The maximum Gasteiger partial charge on any atom is 0.410 e. The highest BCUT2D eigenvalue weighted by Gasteiger charge is 2.41. The van der Waals surface area contributed by atoms with Gasteiger partial charge < -0.3 is 4.74 Å². The van der Waals surface area contributed by atoms with Gasteiger partial charge in [0.25, 0.3) is 0 Å². The molecule has 30 heavy (non-hydrogen) atoms. The molecule has 3 aromatic rings. The fourth-order valence-electron chi connectivity index (χ4n) is 5.64. The van der Waals surface area contributed by atoms with E-state index in [0.717, 1.165) is 37.7 Å². The number of nitrogens with zero attached hydrogens (tertiary/aromatic N) is 1. The summed E-state index contributed by atoms with van der Waals surface area (Å²) in [6.45, 7) is 0.334. The van der Waals surface area contributed by atoms with Gasteiger partial charge in [0.05, 0.1) is 6.04 Å². The summed E-state index contributed by atoms with van der Waals surface area (Å²) in [5.41, 5.74) is 6.74. The number of fused-ring (bicyclic) bond motifs is 2. The van der Waals surface area contributed by atoms with Gasteiger partial charge in [0, 0.05) is 6.04 Å². The molecule has 2 aliphatic heterocycles. The van der Waals surface area contributed by atoms with Crippen molar-refractivity contribution in [2.75, 3.05) is 0 Å². The zero-order valence-corrected chi connectivity index (χ0v) is 17.0. The van der Waals surface area contributed by atoms with Crippen LogP contribution in [-0.4, -0.2) is 23.1 Å². The average Bonchev–Trinajstić information content (AvgIpc) is 3.32. The predicted molar refractivity (Wildman–Crippen MR) is 119 cm³/mol. The molecule has 1 fully saturated rings. The van der Waals surface area contributed by atoms with E-state index >= 15 is 0 Å². The quantitative estimate of drug-likeness (QED) is 0.553. The van der Waals surface area contributed by atoms with E-state index in [1.165, 1.54) is 33.0 Å². The molecule has 0 saturated carbocycles. The molecule has 6 rings (SSSR count). The number of hydrogen-bond donors (Lipinski definition) is 0. The monoisotopic (exact) mass is 395 g/mol. The zero-order valence-electron chi connectivity index (χ0n) is 17.0. The number of rotatable bonds is 3. The molecule has 2 unspecified atom stereocenters. The van der Waals surface area contributed by atoms with Crippen molar-refractivity contribution in [3.63, 3.8) is 0 Å². The van der Waals surface area contributed by atoms with Crippen molar-refractivity contribution in [1.29, 1.82) is 0 Å². The first-order valence-corrected chi connectivity index (χ1v) is 11.0. The Morgan fingerprint density at radius 1 is 0.933 bits per heavy atom. The molecule has 0 aromatic heterocycles. The molecule has 2 bridgehead atoms. The maximum atomic E-state index is 12.9. The Bertz CT molecular complexity index is 1150. The predicted octanol–water partition coefficient (Wildman–Crippen LogP) is 5.90. The van der Waals surface area contributed by atoms with Crippen molar-refractivity contribution in [2.45, 2.75) is 50.8 Å². The van der Waals surface area contributed by atoms with Gasteiger partial charge in [0.2, 0.25) is 0 Å². The second-order valence-electron chi connectivity index (χ2n) is 8.75. The molecule has 0 radical (unpaired) electrons. The topological polar surface area (TPSA) is 29.5 Å². The van der Waals surface area contributed by atoms with Crippen molar-refractivity contribution in [3.05, 3.63) is 89.0 Å². The first kappa shape index (κ1) is 17.8. The van der Waals surface area contributed by atoms with Gasteiger partial charge >= 0.3 is 6.09 Å². The van der Waals surface area contributed by atoms with Gasteiger partial charge in [-0.15, -0.1) is 0 Å². The van der Waals surface area contributed by atoms with Crippen LogP contribution in [0.4, 0.5) is 4.79 Å². The fourth-order valence-corrected chi connectivity index (χ4v) is 5.64. The Kier molecular flexibility index (Phi) is 4.15. The molecule has 150 valence electrons. The van der Waals surface area contributed by atoms with Crippen LogP contribution in [0.2, 0.25) is 0 Å². The smallest absolute Gasteiger partial charge is 0.410 e. The molecule has 1 aliphatic carbocycles. The lowest BCUT2D eigenvalue weighted by atomic mass is 9.90. The lowest BCUT2D eigenvalue weighted by molar-refractivity contribution is 0.0832. The summed E-state index contributed by atoms with van der Waals surface area (Å²) in [5, 5.41) is 2.85. The van der Waals surface area contributed by atoms with Crippen LogP contribution in [0, 0.1) is 0 Å². The number of ether oxygens (including phenoxy) is 1. The minimum Gasteiger partial charge on any atom is -0.445 e. The molecule has 3 aromatic carbocycles. The molecular weight excluding hydrogens is 370 g/mol. The summed E-state index contributed by atoms with van der Waals surface area (Å²) in [5.74, 6) is 0. The summed E-state index contributed by atoms with van der Waals surface area (Å²) >= 11 is 0. The van der Waals surface area contributed by atoms with Gasteiger partial charge in [0.15, 0.2) is 0 Å². The highest BCUT2D eigenvalue weighted by molar-refractivity contribution is 5.99. The Morgan fingerprint density at radius 2 is 1.77 bits per heavy atom. The van der Waals surface area contributed by atoms with Gasteiger partial charge in [-0.3, -0.25) is 4.90 Å². The molecule has 2 heterocycles. The zero-order chi connectivity index (χ0) is 20.1. The number of hydrogen-bond acceptors (Lipinski definition) is 2. The second kappa shape index (κ2) is 7.02. The first-order valence-electron chi connectivity index (χ1n) is 11.0. The summed E-state index contributed by atoms with van der Waals surface area (Å²) in [4.78, 5) is 14.8. The van der Waals surface area contributed by atoms with Crippen molar-refractivity contribution in [2.24, 2.45) is 0 Å². The number of carbonyl (C=O) groups excluding carboxylic acids is 1. The summed E-state index contributed by atoms with van der Waals surface area (Å²) in [6.07, 6.45) is 7.44. The molecule has 1 amide bonds. The van der Waals surface area contributed by atoms with E-state index in [1.807, 2.05) is 35.2 Å². The van der Waals surface area contributed by atoms with Gasteiger partial charge in [0.1, 0.15) is 6.61 Å². The van der Waals surface area contributed by atoms with E-state index in [9.17, 15) is 4.79 Å². The summed E-state index contributed by atoms with van der Waals surface area (Å²) in [6, 6.07) is 21.6. The minimum absolute atomic E-state index is 0.144. The average molecular weight is 396 g/mol. The number of aryl methyl sites for hydroxylation is 2. The molecule has 0 spiro atoms. The highest BCUT2D eigenvalue weighted by atomic mass is 16.6. The maximum absolute atomic E-state index is 12.9. The van der Waals surface area contributed by atoms with Crippen LogP contribution in [-0.2, 0) is 24.2 Å². The fraction of sp³-hybridized carbons (Fsp3) is 0.296. The van der Waals surface area contributed by atoms with Gasteiger partial charge in [-0.1, -0.05) is 66.7 Å². The van der Waals surface area contributed by atoms with Crippen LogP contribution in [0.5, 0.6) is 0 Å². The van der Waals surface area contributed by atoms with Gasteiger partial charge in [-0.05, 0) is 70.7 Å². The van der Waals surface area contributed by atoms with Gasteiger partial charge in [-0.2, -0.15) is 0 Å². The lowest BCUT2D eigenvalue weighted by Gasteiger charge is -2.33. The molecule has 1 saturated heterocycles. The third kappa shape index (κ3) is 2.84. The van der Waals surface area contributed by atoms with E-state index in [1.54, 1.807) is 0 Å². The van der Waals surface area contributed by atoms with Crippen LogP contribution in [0.25, 0.3) is 16.3 Å². The van der Waals surface area contributed by atoms with Crippen LogP contribution in [0.1, 0.15) is 41.5 Å². The Balaban J connectivity index is 1.27. The SMILES string of the molecule is O=C(OCc1ccccc1)N1C2C=C(c3ccc4c5c(cccc35)CC4)CC1CC2. The number of amides is 1. The third-order valence-corrected chi connectivity index (χ3v) is 7.03. The van der Waals surface area contributed by atoms with Crippen molar-refractivity contribution in [1.82, 2.24) is 4.90 Å². The van der Waals surface area contributed by atoms with E-state index in [0.29, 0.717) is 6.61 Å². The van der Waals surface area contributed by atoms with E-state index in [-0.39, 0.29) is 18.2 Å². The van der Waals surface area contributed by atoms with Crippen molar-refractivity contribution < 1.29 is 9.53 Å². The summed E-state index contributed by atoms with van der Waals surface area (Å²) < 4.78 is 5.66. The number of carbonyl (C=O) groups is 1. The normalized spacial score (nSPS) is 21.7. The molecule has 3 nitrogen and oxygen atoms in total. The Morgan fingerprint density at radius 3 is 2.60 bits per heavy atom. The Labute approximate surface area is 177 Å². The highest BCUT2D eigenvalue weighted by Crippen LogP contribution is 2.42. The Hall–Kier alpha value is -3.07. The number of benzene rings is 3. The standard InChI is InChI=1S/C27H25NO2/c29-27(30-17-18-5-2-1-3-6-18)28-22-12-13-23(28)16-21(15-22)24-14-11-20-10-9-19-7-4-8-25(24)26(19)20/h1-8,11,14-15,22-23H,9-10,12-13,16-17H2. The van der Waals surface area contributed by atoms with Crippen molar-refractivity contribution >= 4 is 22.4 Å². The van der Waals surface area contributed by atoms with Crippen molar-refractivity contribution in [3.8, 4) is 0 Å². The minimum atomic E-state index is -0.179. The largest absolute Gasteiger partial charge is 0.445 e. The summed E-state index contributed by atoms with van der Waals surface area (Å²) in [7, 11) is 0. The van der Waals surface area contributed by atoms with Crippen LogP contribution in [0.15, 0.2) is 66.7 Å². The van der Waals surface area contributed by atoms with Crippen LogP contribution in [0.3, 0.4) is 0 Å². The second-order valence-corrected chi connectivity index (χ2v) is 8.75. The van der Waals surface area contributed by atoms with Gasteiger partial charge in [-0.25, -0.2) is 4.79 Å². The lowest BCUT2D eigenvalue weighted by Crippen LogP contribution is -2.43. The third-order valence-electron chi connectivity index (χ3n) is 7.03. The van der Waals surface area contributed by atoms with E-state index < -0.39 is 0 Å².